The Labute approximate surface area is 125 Å². The molecule has 3 aromatic rings. The fraction of sp³-hybridized carbons (Fsp3) is 0. The van der Waals surface area contributed by atoms with Crippen LogP contribution in [0, 0.1) is 10.1 Å². The van der Waals surface area contributed by atoms with Crippen LogP contribution in [0.2, 0.25) is 0 Å². The van der Waals surface area contributed by atoms with Gasteiger partial charge in [0.2, 0.25) is 5.78 Å². The number of nitrogens with zero attached hydrogens (tertiary/aromatic N) is 2. The summed E-state index contributed by atoms with van der Waals surface area (Å²) >= 11 is 0. The van der Waals surface area contributed by atoms with E-state index in [-0.39, 0.29) is 11.7 Å². The van der Waals surface area contributed by atoms with Crippen LogP contribution in [-0.2, 0) is 0 Å². The Hall–Kier alpha value is -3.28. The van der Waals surface area contributed by atoms with E-state index in [1.54, 1.807) is 60.7 Å². The minimum atomic E-state index is -0.716. The maximum Gasteiger partial charge on any atom is 0.415 e. The average Bonchev–Trinajstić information content (AvgIpc) is 3.01. The third kappa shape index (κ3) is 2.49. The largest absolute Gasteiger partial charge is 0.415 e. The Morgan fingerprint density at radius 1 is 1.00 bits per heavy atom. The zero-order chi connectivity index (χ0) is 15.5. The summed E-state index contributed by atoms with van der Waals surface area (Å²) in [4.78, 5) is 26.6. The Balaban J connectivity index is 2.09. The summed E-state index contributed by atoms with van der Waals surface area (Å²) in [6, 6.07) is 16.9. The van der Waals surface area contributed by atoms with Crippen molar-refractivity contribution in [2.75, 3.05) is 0 Å². The first-order chi connectivity index (χ1) is 10.7. The number of aromatic nitrogens is 1. The van der Waals surface area contributed by atoms with Gasteiger partial charge in [0.1, 0.15) is 0 Å². The fourth-order valence-corrected chi connectivity index (χ4v) is 2.01. The van der Waals surface area contributed by atoms with E-state index in [4.69, 9.17) is 4.42 Å². The van der Waals surface area contributed by atoms with Crippen LogP contribution in [-0.4, -0.2) is 15.7 Å². The molecule has 0 atom stereocenters. The molecule has 22 heavy (non-hydrogen) atoms. The summed E-state index contributed by atoms with van der Waals surface area (Å²) in [5.41, 5.74) is 0.874. The highest BCUT2D eigenvalue weighted by Gasteiger charge is 2.31. The third-order valence-electron chi connectivity index (χ3n) is 3.05. The van der Waals surface area contributed by atoms with E-state index < -0.39 is 16.5 Å². The van der Waals surface area contributed by atoms with Gasteiger partial charge in [-0.25, -0.2) is 0 Å². The molecule has 0 unspecified atom stereocenters. The highest BCUT2D eigenvalue weighted by molar-refractivity contribution is 6.09. The quantitative estimate of drug-likeness (QED) is 0.417. The average molecular weight is 294 g/mol. The number of carbonyl (C=O) groups is 1. The number of ketones is 1. The molecule has 6 heteroatoms. The Morgan fingerprint density at radius 3 is 2.18 bits per heavy atom. The molecule has 0 saturated heterocycles. The molecule has 0 radical (unpaired) electrons. The molecule has 0 amide bonds. The first-order valence-corrected chi connectivity index (χ1v) is 6.47. The van der Waals surface area contributed by atoms with Gasteiger partial charge in [0, 0.05) is 10.5 Å². The van der Waals surface area contributed by atoms with Crippen molar-refractivity contribution < 1.29 is 14.1 Å². The van der Waals surface area contributed by atoms with Crippen LogP contribution in [0.1, 0.15) is 16.1 Å². The molecule has 108 valence electrons. The molecule has 1 heterocycles. The second-order valence-electron chi connectivity index (χ2n) is 4.49. The number of hydrogen-bond donors (Lipinski definition) is 0. The van der Waals surface area contributed by atoms with Crippen LogP contribution >= 0.6 is 0 Å². The topological polar surface area (TPSA) is 86.2 Å². The number of nitro groups is 1. The maximum absolute atomic E-state index is 12.4. The van der Waals surface area contributed by atoms with Crippen LogP contribution in [0.5, 0.6) is 0 Å². The summed E-state index contributed by atoms with van der Waals surface area (Å²) in [5, 5.41) is 11.1. The number of carbonyl (C=O) groups excluding carboxylic acids is 1. The molecule has 1 aromatic heterocycles. The van der Waals surface area contributed by atoms with Crippen molar-refractivity contribution in [3.63, 3.8) is 0 Å². The van der Waals surface area contributed by atoms with Gasteiger partial charge in [-0.1, -0.05) is 48.5 Å². The Kier molecular flexibility index (Phi) is 3.49. The maximum atomic E-state index is 12.4. The van der Waals surface area contributed by atoms with E-state index in [0.717, 1.165) is 0 Å². The number of hydrogen-bond acceptors (Lipinski definition) is 5. The molecule has 0 N–H and O–H groups in total. The standard InChI is InChI=1S/C16H10N2O4/c19-13(11-7-3-1-4-8-11)14-15(18(20)21)17-16(22-14)12-9-5-2-6-10-12/h1-10H. The van der Waals surface area contributed by atoms with E-state index in [0.29, 0.717) is 11.1 Å². The van der Waals surface area contributed by atoms with Gasteiger partial charge < -0.3 is 14.5 Å². The lowest BCUT2D eigenvalue weighted by Crippen LogP contribution is -2.03. The van der Waals surface area contributed by atoms with Crippen molar-refractivity contribution in [2.45, 2.75) is 0 Å². The molecular formula is C16H10N2O4. The highest BCUT2D eigenvalue weighted by Crippen LogP contribution is 2.28. The lowest BCUT2D eigenvalue weighted by atomic mass is 10.1. The second kappa shape index (κ2) is 5.61. The van der Waals surface area contributed by atoms with Gasteiger partial charge in [0.05, 0.1) is 5.56 Å². The van der Waals surface area contributed by atoms with Crippen molar-refractivity contribution in [3.8, 4) is 11.5 Å². The van der Waals surface area contributed by atoms with Gasteiger partial charge in [-0.2, -0.15) is 0 Å². The van der Waals surface area contributed by atoms with Crippen LogP contribution < -0.4 is 0 Å². The van der Waals surface area contributed by atoms with Gasteiger partial charge in [0.15, 0.2) is 0 Å². The normalized spacial score (nSPS) is 10.4. The minimum absolute atomic E-state index is 0.0478. The third-order valence-corrected chi connectivity index (χ3v) is 3.05. The number of oxazole rings is 1. The summed E-state index contributed by atoms with van der Waals surface area (Å²) in [7, 11) is 0. The van der Waals surface area contributed by atoms with Crippen molar-refractivity contribution in [1.82, 2.24) is 4.98 Å². The van der Waals surface area contributed by atoms with Crippen LogP contribution in [0.4, 0.5) is 5.82 Å². The van der Waals surface area contributed by atoms with Gasteiger partial charge in [-0.3, -0.25) is 4.79 Å². The molecule has 0 spiro atoms. The van der Waals surface area contributed by atoms with Crippen LogP contribution in [0.25, 0.3) is 11.5 Å². The van der Waals surface area contributed by atoms with Crippen LogP contribution in [0.3, 0.4) is 0 Å². The molecule has 0 bridgehead atoms. The van der Waals surface area contributed by atoms with E-state index in [1.807, 2.05) is 0 Å². The Morgan fingerprint density at radius 2 is 1.59 bits per heavy atom. The predicted octanol–water partition coefficient (Wildman–Crippen LogP) is 3.48. The smallest absolute Gasteiger partial charge is 0.406 e. The Bertz CT molecular complexity index is 826. The highest BCUT2D eigenvalue weighted by atomic mass is 16.6. The summed E-state index contributed by atoms with van der Waals surface area (Å²) in [6.45, 7) is 0. The SMILES string of the molecule is O=C(c1ccccc1)c1oc(-c2ccccc2)nc1[N+](=O)[O-]. The van der Waals surface area contributed by atoms with Crippen molar-refractivity contribution >= 4 is 11.6 Å². The minimum Gasteiger partial charge on any atom is -0.406 e. The monoisotopic (exact) mass is 294 g/mol. The molecule has 6 nitrogen and oxygen atoms in total. The molecule has 0 fully saturated rings. The summed E-state index contributed by atoms with van der Waals surface area (Å²) in [6.07, 6.45) is 0. The van der Waals surface area contributed by atoms with E-state index in [2.05, 4.69) is 4.98 Å². The molecule has 0 saturated carbocycles. The summed E-state index contributed by atoms with van der Waals surface area (Å²) in [5.74, 6) is -1.46. The van der Waals surface area contributed by atoms with Gasteiger partial charge in [-0.15, -0.1) is 0 Å². The molecular weight excluding hydrogens is 284 g/mol. The van der Waals surface area contributed by atoms with Crippen LogP contribution in [0.15, 0.2) is 65.1 Å². The number of benzene rings is 2. The van der Waals surface area contributed by atoms with E-state index in [1.165, 1.54) is 0 Å². The number of rotatable bonds is 4. The van der Waals surface area contributed by atoms with Gasteiger partial charge >= 0.3 is 11.7 Å². The van der Waals surface area contributed by atoms with E-state index in [9.17, 15) is 14.9 Å². The first-order valence-electron chi connectivity index (χ1n) is 6.47. The lowest BCUT2D eigenvalue weighted by Gasteiger charge is -1.96. The van der Waals surface area contributed by atoms with Gasteiger partial charge in [-0.05, 0) is 17.1 Å². The fourth-order valence-electron chi connectivity index (χ4n) is 2.01. The zero-order valence-electron chi connectivity index (χ0n) is 11.3. The second-order valence-corrected chi connectivity index (χ2v) is 4.49. The van der Waals surface area contributed by atoms with Gasteiger partial charge in [0.25, 0.3) is 5.76 Å². The molecule has 3 rings (SSSR count). The molecule has 0 aliphatic carbocycles. The predicted molar refractivity (Wildman–Crippen MR) is 78.5 cm³/mol. The molecule has 2 aromatic carbocycles. The molecule has 0 aliphatic rings. The summed E-state index contributed by atoms with van der Waals surface area (Å²) < 4.78 is 5.38. The lowest BCUT2D eigenvalue weighted by molar-refractivity contribution is -0.389. The van der Waals surface area contributed by atoms with Crippen molar-refractivity contribution in [1.29, 1.82) is 0 Å². The van der Waals surface area contributed by atoms with E-state index >= 15 is 0 Å². The zero-order valence-corrected chi connectivity index (χ0v) is 11.3. The van der Waals surface area contributed by atoms with Crippen molar-refractivity contribution in [3.05, 3.63) is 82.1 Å². The molecule has 0 aliphatic heterocycles. The van der Waals surface area contributed by atoms with Crippen molar-refractivity contribution in [2.24, 2.45) is 0 Å². The first kappa shape index (κ1) is 13.7.